The molecule has 72 valence electrons. The summed E-state index contributed by atoms with van der Waals surface area (Å²) in [5.74, 6) is 0.838. The molecule has 1 rings (SSSR count). The third-order valence-corrected chi connectivity index (χ3v) is 2.28. The van der Waals surface area contributed by atoms with Crippen LogP contribution in [0, 0.1) is 18.3 Å². The maximum Gasteiger partial charge on any atom is 0.0998 e. The Kier molecular flexibility index (Phi) is 4.28. The summed E-state index contributed by atoms with van der Waals surface area (Å²) < 4.78 is 0. The van der Waals surface area contributed by atoms with Gasteiger partial charge in [0.05, 0.1) is 11.6 Å². The number of allylic oxidation sites excluding steroid dienone is 1. The van der Waals surface area contributed by atoms with Crippen LogP contribution in [0.3, 0.4) is 0 Å². The summed E-state index contributed by atoms with van der Waals surface area (Å²) in [6, 6.07) is 7.96. The van der Waals surface area contributed by atoms with Crippen LogP contribution in [0.25, 0.3) is 6.08 Å². The van der Waals surface area contributed by atoms with Crippen molar-refractivity contribution in [3.8, 4) is 6.07 Å². The van der Waals surface area contributed by atoms with Gasteiger partial charge in [-0.15, -0.1) is 0 Å². The SMILES string of the molecule is Cc1cccc(C#N)c1C=CCCS. The van der Waals surface area contributed by atoms with E-state index in [-0.39, 0.29) is 0 Å². The Hall–Kier alpha value is -1.20. The first-order valence-electron chi connectivity index (χ1n) is 4.56. The second-order valence-corrected chi connectivity index (χ2v) is 3.51. The maximum atomic E-state index is 8.90. The van der Waals surface area contributed by atoms with Crippen molar-refractivity contribution in [1.29, 1.82) is 5.26 Å². The summed E-state index contributed by atoms with van der Waals surface area (Å²) in [5.41, 5.74) is 2.90. The quantitative estimate of drug-likeness (QED) is 0.749. The van der Waals surface area contributed by atoms with Gasteiger partial charge in [-0.05, 0) is 36.3 Å². The normalized spacial score (nSPS) is 10.4. The summed E-state index contributed by atoms with van der Waals surface area (Å²) in [5, 5.41) is 8.90. The zero-order valence-electron chi connectivity index (χ0n) is 8.20. The minimum atomic E-state index is 0.736. The fourth-order valence-corrected chi connectivity index (χ4v) is 1.42. The largest absolute Gasteiger partial charge is 0.192 e. The molecule has 0 radical (unpaired) electrons. The van der Waals surface area contributed by atoms with Crippen LogP contribution in [0.5, 0.6) is 0 Å². The van der Waals surface area contributed by atoms with Gasteiger partial charge in [-0.2, -0.15) is 17.9 Å². The molecule has 1 nitrogen and oxygen atoms in total. The van der Waals surface area contributed by atoms with Crippen LogP contribution >= 0.6 is 12.6 Å². The van der Waals surface area contributed by atoms with E-state index in [2.05, 4.69) is 24.8 Å². The number of hydrogen-bond donors (Lipinski definition) is 1. The van der Waals surface area contributed by atoms with E-state index < -0.39 is 0 Å². The second-order valence-electron chi connectivity index (χ2n) is 3.06. The average Bonchev–Trinajstić information content (AvgIpc) is 2.20. The van der Waals surface area contributed by atoms with Gasteiger partial charge in [0.25, 0.3) is 0 Å². The molecule has 0 saturated carbocycles. The average molecular weight is 203 g/mol. The van der Waals surface area contributed by atoms with E-state index in [0.717, 1.165) is 28.9 Å². The van der Waals surface area contributed by atoms with Gasteiger partial charge < -0.3 is 0 Å². The highest BCUT2D eigenvalue weighted by Gasteiger charge is 1.99. The molecule has 14 heavy (non-hydrogen) atoms. The van der Waals surface area contributed by atoms with Crippen LogP contribution in [0.4, 0.5) is 0 Å². The summed E-state index contributed by atoms with van der Waals surface area (Å²) in [4.78, 5) is 0. The number of nitrogens with zero attached hydrogens (tertiary/aromatic N) is 1. The predicted molar refractivity (Wildman–Crippen MR) is 63.4 cm³/mol. The van der Waals surface area contributed by atoms with E-state index in [0.29, 0.717) is 0 Å². The van der Waals surface area contributed by atoms with Gasteiger partial charge >= 0.3 is 0 Å². The molecule has 0 aromatic heterocycles. The van der Waals surface area contributed by atoms with Crippen LogP contribution in [0.15, 0.2) is 24.3 Å². The second kappa shape index (κ2) is 5.51. The fraction of sp³-hybridized carbons (Fsp3) is 0.250. The molecule has 2 heteroatoms. The smallest absolute Gasteiger partial charge is 0.0998 e. The van der Waals surface area contributed by atoms with E-state index in [9.17, 15) is 0 Å². The number of rotatable bonds is 3. The molecule has 0 heterocycles. The fourth-order valence-electron chi connectivity index (χ4n) is 1.28. The molecule has 0 saturated heterocycles. The zero-order valence-corrected chi connectivity index (χ0v) is 9.09. The summed E-state index contributed by atoms with van der Waals surface area (Å²) >= 11 is 4.13. The molecule has 0 atom stereocenters. The molecule has 0 aliphatic rings. The van der Waals surface area contributed by atoms with Crippen molar-refractivity contribution < 1.29 is 0 Å². The molecule has 1 aromatic rings. The van der Waals surface area contributed by atoms with Gasteiger partial charge in [-0.25, -0.2) is 0 Å². The zero-order chi connectivity index (χ0) is 10.4. The number of benzene rings is 1. The minimum Gasteiger partial charge on any atom is -0.192 e. The van der Waals surface area contributed by atoms with Crippen molar-refractivity contribution in [2.45, 2.75) is 13.3 Å². The van der Waals surface area contributed by atoms with E-state index in [1.165, 1.54) is 0 Å². The van der Waals surface area contributed by atoms with Crippen molar-refractivity contribution in [2.75, 3.05) is 5.75 Å². The molecule has 0 aliphatic heterocycles. The number of thiol groups is 1. The van der Waals surface area contributed by atoms with Crippen molar-refractivity contribution in [3.05, 3.63) is 41.0 Å². The van der Waals surface area contributed by atoms with Gasteiger partial charge in [-0.1, -0.05) is 24.3 Å². The Balaban J connectivity index is 3.00. The van der Waals surface area contributed by atoms with Crippen LogP contribution in [-0.2, 0) is 0 Å². The van der Waals surface area contributed by atoms with Crippen molar-refractivity contribution in [1.82, 2.24) is 0 Å². The van der Waals surface area contributed by atoms with Crippen LogP contribution < -0.4 is 0 Å². The highest BCUT2D eigenvalue weighted by atomic mass is 32.1. The third kappa shape index (κ3) is 2.65. The monoisotopic (exact) mass is 203 g/mol. The van der Waals surface area contributed by atoms with E-state index in [1.807, 2.05) is 31.2 Å². The molecule has 0 spiro atoms. The lowest BCUT2D eigenvalue weighted by Crippen LogP contribution is -1.86. The summed E-state index contributed by atoms with van der Waals surface area (Å²) in [6.45, 7) is 2.02. The first kappa shape index (κ1) is 10.9. The molecular formula is C12H13NS. The first-order chi connectivity index (χ1) is 6.79. The summed E-state index contributed by atoms with van der Waals surface area (Å²) in [6.07, 6.45) is 4.99. The first-order valence-corrected chi connectivity index (χ1v) is 5.20. The number of aryl methyl sites for hydroxylation is 1. The molecule has 0 bridgehead atoms. The van der Waals surface area contributed by atoms with Crippen molar-refractivity contribution >= 4 is 18.7 Å². The van der Waals surface area contributed by atoms with Gasteiger partial charge in [0.2, 0.25) is 0 Å². The highest BCUT2D eigenvalue weighted by Crippen LogP contribution is 2.15. The van der Waals surface area contributed by atoms with Gasteiger partial charge in [-0.3, -0.25) is 0 Å². The predicted octanol–water partition coefficient (Wildman–Crippen LogP) is 3.20. The number of hydrogen-bond acceptors (Lipinski definition) is 2. The molecule has 0 unspecified atom stereocenters. The minimum absolute atomic E-state index is 0.736. The topological polar surface area (TPSA) is 23.8 Å². The Labute approximate surface area is 90.5 Å². The van der Waals surface area contributed by atoms with Crippen LogP contribution in [-0.4, -0.2) is 5.75 Å². The van der Waals surface area contributed by atoms with Crippen molar-refractivity contribution in [2.24, 2.45) is 0 Å². The molecule has 0 N–H and O–H groups in total. The Bertz CT molecular complexity index is 374. The Morgan fingerprint density at radius 2 is 2.29 bits per heavy atom. The Morgan fingerprint density at radius 3 is 2.93 bits per heavy atom. The highest BCUT2D eigenvalue weighted by molar-refractivity contribution is 7.80. The lowest BCUT2D eigenvalue weighted by Gasteiger charge is -2.01. The lowest BCUT2D eigenvalue weighted by molar-refractivity contribution is 1.26. The Morgan fingerprint density at radius 1 is 1.50 bits per heavy atom. The maximum absolute atomic E-state index is 8.90. The van der Waals surface area contributed by atoms with Gasteiger partial charge in [0.15, 0.2) is 0 Å². The van der Waals surface area contributed by atoms with Gasteiger partial charge in [0.1, 0.15) is 0 Å². The van der Waals surface area contributed by atoms with Crippen LogP contribution in [0.2, 0.25) is 0 Å². The van der Waals surface area contributed by atoms with E-state index >= 15 is 0 Å². The molecular weight excluding hydrogens is 190 g/mol. The number of nitriles is 1. The van der Waals surface area contributed by atoms with Crippen molar-refractivity contribution in [3.63, 3.8) is 0 Å². The molecule has 1 aromatic carbocycles. The summed E-state index contributed by atoms with van der Waals surface area (Å²) in [7, 11) is 0. The van der Waals surface area contributed by atoms with Gasteiger partial charge in [0, 0.05) is 0 Å². The van der Waals surface area contributed by atoms with E-state index in [1.54, 1.807) is 0 Å². The molecule has 0 aliphatic carbocycles. The lowest BCUT2D eigenvalue weighted by atomic mass is 10.0. The molecule has 0 amide bonds. The third-order valence-electron chi connectivity index (χ3n) is 2.02. The van der Waals surface area contributed by atoms with E-state index in [4.69, 9.17) is 5.26 Å². The standard InChI is InChI=1S/C12H13NS/c1-10-5-4-6-11(9-13)12(10)7-2-3-8-14/h2,4-7,14H,3,8H2,1H3. The molecule has 0 fully saturated rings. The van der Waals surface area contributed by atoms with Crippen LogP contribution in [0.1, 0.15) is 23.1 Å².